The maximum absolute atomic E-state index is 12.7. The molecule has 3 atom stereocenters. The number of phenolic OH excluding ortho intramolecular Hbond substituents is 1. The minimum atomic E-state index is -0.765. The maximum Gasteiger partial charge on any atom is 0.310 e. The zero-order valence-electron chi connectivity index (χ0n) is 16.6. The normalized spacial score (nSPS) is 19.7. The summed E-state index contributed by atoms with van der Waals surface area (Å²) in [4.78, 5) is 36.9. The maximum atomic E-state index is 12.7. The molecular weight excluding hydrogens is 374 g/mol. The van der Waals surface area contributed by atoms with Crippen molar-refractivity contribution in [3.63, 3.8) is 0 Å². The molecule has 0 unspecified atom stereocenters. The van der Waals surface area contributed by atoms with Gasteiger partial charge in [0.2, 0.25) is 11.8 Å². The molecule has 0 spiro atoms. The molecule has 0 saturated heterocycles. The highest BCUT2D eigenvalue weighted by atomic mass is 16.5. The highest BCUT2D eigenvalue weighted by molar-refractivity contribution is 5.96. The fourth-order valence-electron chi connectivity index (χ4n) is 3.45. The van der Waals surface area contributed by atoms with Gasteiger partial charge in [0.15, 0.2) is 0 Å². The molecule has 2 rings (SSSR count). The summed E-state index contributed by atoms with van der Waals surface area (Å²) in [6.45, 7) is 0.390. The first-order valence-electron chi connectivity index (χ1n) is 9.81. The van der Waals surface area contributed by atoms with Gasteiger partial charge in [-0.2, -0.15) is 0 Å². The third kappa shape index (κ3) is 6.60. The van der Waals surface area contributed by atoms with Crippen LogP contribution in [0.5, 0.6) is 5.75 Å². The average Bonchev–Trinajstić information content (AvgIpc) is 3.17. The lowest BCUT2D eigenvalue weighted by Crippen LogP contribution is -2.51. The molecule has 1 aliphatic carbocycles. The zero-order valence-corrected chi connectivity index (χ0v) is 16.6. The van der Waals surface area contributed by atoms with Crippen LogP contribution >= 0.6 is 0 Å². The number of ether oxygens (including phenoxy) is 1. The van der Waals surface area contributed by atoms with Gasteiger partial charge in [-0.05, 0) is 44.4 Å². The summed E-state index contributed by atoms with van der Waals surface area (Å²) in [6.07, 6.45) is 5.88. The van der Waals surface area contributed by atoms with Crippen molar-refractivity contribution in [2.45, 2.75) is 44.2 Å². The summed E-state index contributed by atoms with van der Waals surface area (Å²) in [7, 11) is 1.33. The van der Waals surface area contributed by atoms with E-state index in [1.54, 1.807) is 18.2 Å². The van der Waals surface area contributed by atoms with E-state index in [-0.39, 0.29) is 29.6 Å². The Morgan fingerprint density at radius 2 is 2.07 bits per heavy atom. The van der Waals surface area contributed by atoms with Gasteiger partial charge >= 0.3 is 5.97 Å². The Morgan fingerprint density at radius 3 is 2.76 bits per heavy atom. The molecule has 0 heterocycles. The van der Waals surface area contributed by atoms with Gasteiger partial charge in [-0.3, -0.25) is 14.4 Å². The fraction of sp³-hybridized carbons (Fsp3) is 0.476. The Hall–Kier alpha value is -2.87. The molecule has 2 amide bonds. The Morgan fingerprint density at radius 1 is 1.31 bits per heavy atom. The second kappa shape index (κ2) is 11.2. The van der Waals surface area contributed by atoms with Crippen molar-refractivity contribution in [3.05, 3.63) is 35.9 Å². The molecule has 158 valence electrons. The minimum Gasteiger partial charge on any atom is -0.507 e. The lowest BCUT2D eigenvalue weighted by Gasteiger charge is -2.23. The number of benzene rings is 1. The second-order valence-electron chi connectivity index (χ2n) is 7.06. The minimum absolute atomic E-state index is 0.0593. The lowest BCUT2D eigenvalue weighted by molar-refractivity contribution is -0.146. The number of rotatable bonds is 9. The Bertz CT molecular complexity index is 750. The van der Waals surface area contributed by atoms with Crippen LogP contribution in [0, 0.1) is 5.92 Å². The van der Waals surface area contributed by atoms with Crippen molar-refractivity contribution >= 4 is 23.9 Å². The molecule has 0 aliphatic heterocycles. The van der Waals surface area contributed by atoms with Crippen molar-refractivity contribution in [2.24, 2.45) is 11.7 Å². The molecule has 1 aromatic rings. The number of carbonyl (C=O) groups excluding carboxylic acids is 3. The SMILES string of the molecule is COC(=O)[C@@H]1CCC[C@@H]1NC(=O)[C@H](CCCN)NC(=O)/C=C/c1ccccc1O. The van der Waals surface area contributed by atoms with Gasteiger partial charge in [-0.1, -0.05) is 24.6 Å². The number of esters is 1. The van der Waals surface area contributed by atoms with Gasteiger partial charge in [-0.15, -0.1) is 0 Å². The van der Waals surface area contributed by atoms with Crippen LogP contribution < -0.4 is 16.4 Å². The van der Waals surface area contributed by atoms with E-state index in [1.807, 2.05) is 0 Å². The molecular formula is C21H29N3O5. The van der Waals surface area contributed by atoms with Crippen LogP contribution in [0.25, 0.3) is 6.08 Å². The monoisotopic (exact) mass is 403 g/mol. The van der Waals surface area contributed by atoms with E-state index < -0.39 is 11.9 Å². The van der Waals surface area contributed by atoms with Gasteiger partial charge < -0.3 is 26.2 Å². The number of para-hydroxylation sites is 1. The van der Waals surface area contributed by atoms with Crippen LogP contribution in [0.1, 0.15) is 37.7 Å². The first-order valence-corrected chi connectivity index (χ1v) is 9.81. The summed E-state index contributed by atoms with van der Waals surface area (Å²) in [6, 6.07) is 5.56. The summed E-state index contributed by atoms with van der Waals surface area (Å²) < 4.78 is 4.81. The van der Waals surface area contributed by atoms with E-state index in [0.717, 1.165) is 6.42 Å². The lowest BCUT2D eigenvalue weighted by atomic mass is 10.0. The number of nitrogens with one attached hydrogen (secondary N) is 2. The first kappa shape index (κ1) is 22.4. The van der Waals surface area contributed by atoms with E-state index in [0.29, 0.717) is 37.8 Å². The third-order valence-corrected chi connectivity index (χ3v) is 5.03. The van der Waals surface area contributed by atoms with Gasteiger partial charge in [0.05, 0.1) is 13.0 Å². The molecule has 1 aliphatic rings. The summed E-state index contributed by atoms with van der Waals surface area (Å²) in [5.41, 5.74) is 6.05. The van der Waals surface area contributed by atoms with Crippen molar-refractivity contribution in [1.82, 2.24) is 10.6 Å². The third-order valence-electron chi connectivity index (χ3n) is 5.03. The molecule has 1 fully saturated rings. The predicted molar refractivity (Wildman–Crippen MR) is 109 cm³/mol. The number of carbonyl (C=O) groups is 3. The molecule has 0 bridgehead atoms. The molecule has 1 saturated carbocycles. The number of hydrogen-bond donors (Lipinski definition) is 4. The van der Waals surface area contributed by atoms with Crippen molar-refractivity contribution in [2.75, 3.05) is 13.7 Å². The molecule has 29 heavy (non-hydrogen) atoms. The van der Waals surface area contributed by atoms with Gasteiger partial charge in [0, 0.05) is 17.7 Å². The van der Waals surface area contributed by atoms with Crippen molar-refractivity contribution in [3.8, 4) is 5.75 Å². The van der Waals surface area contributed by atoms with Crippen molar-refractivity contribution in [1.29, 1.82) is 0 Å². The number of nitrogens with two attached hydrogens (primary N) is 1. The molecule has 0 radical (unpaired) electrons. The number of phenols is 1. The Labute approximate surface area is 170 Å². The van der Waals surface area contributed by atoms with Crippen LogP contribution in [0.3, 0.4) is 0 Å². The quantitative estimate of drug-likeness (QED) is 0.361. The number of aromatic hydroxyl groups is 1. The summed E-state index contributed by atoms with van der Waals surface area (Å²) >= 11 is 0. The van der Waals surface area contributed by atoms with E-state index >= 15 is 0 Å². The molecule has 1 aromatic carbocycles. The summed E-state index contributed by atoms with van der Waals surface area (Å²) in [5.74, 6) is -1.44. The van der Waals surface area contributed by atoms with E-state index in [1.165, 1.54) is 25.3 Å². The zero-order chi connectivity index (χ0) is 21.2. The second-order valence-corrected chi connectivity index (χ2v) is 7.06. The standard InChI is InChI=1S/C21H29N3O5/c1-29-21(28)15-7-4-8-16(15)24-20(27)17(9-5-13-22)23-19(26)12-11-14-6-2-3-10-18(14)25/h2-3,6,10-12,15-17,25H,4-5,7-9,13,22H2,1H3,(H,23,26)(H,24,27)/b12-11+/t15-,16+,17+/m1/s1. The van der Waals surface area contributed by atoms with Crippen LogP contribution in [0.4, 0.5) is 0 Å². The van der Waals surface area contributed by atoms with E-state index in [4.69, 9.17) is 10.5 Å². The van der Waals surface area contributed by atoms with Gasteiger partial charge in [0.1, 0.15) is 11.8 Å². The predicted octanol–water partition coefficient (Wildman–Crippen LogP) is 1.09. The van der Waals surface area contributed by atoms with Crippen LogP contribution in [-0.4, -0.2) is 48.6 Å². The number of amides is 2. The molecule has 8 heteroatoms. The highest BCUT2D eigenvalue weighted by Crippen LogP contribution is 2.26. The average molecular weight is 403 g/mol. The van der Waals surface area contributed by atoms with Crippen LogP contribution in [0.15, 0.2) is 30.3 Å². The topological polar surface area (TPSA) is 131 Å². The molecule has 5 N–H and O–H groups in total. The van der Waals surface area contributed by atoms with Crippen LogP contribution in [0.2, 0.25) is 0 Å². The highest BCUT2D eigenvalue weighted by Gasteiger charge is 2.36. The number of methoxy groups -OCH3 is 1. The van der Waals surface area contributed by atoms with Gasteiger partial charge in [0.25, 0.3) is 0 Å². The Balaban J connectivity index is 2.00. The Kier molecular flexibility index (Phi) is 8.67. The fourth-order valence-corrected chi connectivity index (χ4v) is 3.45. The molecule has 0 aromatic heterocycles. The smallest absolute Gasteiger partial charge is 0.310 e. The van der Waals surface area contributed by atoms with Crippen LogP contribution in [-0.2, 0) is 19.1 Å². The van der Waals surface area contributed by atoms with Gasteiger partial charge in [-0.25, -0.2) is 0 Å². The largest absolute Gasteiger partial charge is 0.507 e. The van der Waals surface area contributed by atoms with E-state index in [9.17, 15) is 19.5 Å². The number of hydrogen-bond acceptors (Lipinski definition) is 6. The molecule has 8 nitrogen and oxygen atoms in total. The van der Waals surface area contributed by atoms with Crippen molar-refractivity contribution < 1.29 is 24.2 Å². The summed E-state index contributed by atoms with van der Waals surface area (Å²) in [5, 5.41) is 15.3. The van der Waals surface area contributed by atoms with E-state index in [2.05, 4.69) is 10.6 Å². The first-order chi connectivity index (χ1) is 14.0.